The van der Waals surface area contributed by atoms with Gasteiger partial charge in [0.2, 0.25) is 0 Å². The van der Waals surface area contributed by atoms with Crippen molar-refractivity contribution in [2.24, 2.45) is 0 Å². The molecule has 0 bridgehead atoms. The lowest BCUT2D eigenvalue weighted by molar-refractivity contribution is 0.0521. The summed E-state index contributed by atoms with van der Waals surface area (Å²) in [5.74, 6) is 0.341. The number of nitrogens with two attached hydrogens (primary N) is 1. The lowest BCUT2D eigenvalue weighted by Gasteiger charge is -2.11. The third kappa shape index (κ3) is 2.49. The van der Waals surface area contributed by atoms with Crippen molar-refractivity contribution >= 4 is 23.4 Å². The molecule has 1 heterocycles. The number of ether oxygens (including phenoxy) is 1. The van der Waals surface area contributed by atoms with Crippen LogP contribution in [-0.4, -0.2) is 22.1 Å². The number of benzene rings is 1. The van der Waals surface area contributed by atoms with Crippen molar-refractivity contribution in [3.8, 4) is 5.69 Å². The fourth-order valence-corrected chi connectivity index (χ4v) is 2.19. The van der Waals surface area contributed by atoms with Crippen molar-refractivity contribution < 1.29 is 9.53 Å². The molecule has 0 fully saturated rings. The third-order valence-corrected chi connectivity index (χ3v) is 3.20. The van der Waals surface area contributed by atoms with Crippen LogP contribution in [0, 0.1) is 13.8 Å². The van der Waals surface area contributed by atoms with Crippen LogP contribution in [0.2, 0.25) is 5.02 Å². The van der Waals surface area contributed by atoms with Crippen LogP contribution >= 0.6 is 11.6 Å². The van der Waals surface area contributed by atoms with Gasteiger partial charge < -0.3 is 10.5 Å². The summed E-state index contributed by atoms with van der Waals surface area (Å²) >= 11 is 6.02. The van der Waals surface area contributed by atoms with Crippen LogP contribution in [0.3, 0.4) is 0 Å². The van der Waals surface area contributed by atoms with Gasteiger partial charge in [-0.2, -0.15) is 0 Å². The Morgan fingerprint density at radius 1 is 1.45 bits per heavy atom. The molecule has 0 aliphatic carbocycles. The minimum atomic E-state index is -0.522. The molecule has 0 amide bonds. The number of aryl methyl sites for hydroxylation is 2. The number of nitrogens with zero attached hydrogens (tertiary/aromatic N) is 2. The van der Waals surface area contributed by atoms with E-state index < -0.39 is 5.97 Å². The van der Waals surface area contributed by atoms with Crippen molar-refractivity contribution in [1.82, 2.24) is 9.55 Å². The summed E-state index contributed by atoms with van der Waals surface area (Å²) < 4.78 is 6.65. The molecule has 0 aliphatic heterocycles. The maximum absolute atomic E-state index is 11.8. The van der Waals surface area contributed by atoms with Crippen LogP contribution in [0.15, 0.2) is 18.2 Å². The zero-order valence-electron chi connectivity index (χ0n) is 11.6. The molecule has 0 saturated carbocycles. The van der Waals surface area contributed by atoms with E-state index in [-0.39, 0.29) is 18.1 Å². The van der Waals surface area contributed by atoms with Crippen LogP contribution in [0.5, 0.6) is 0 Å². The molecule has 1 aromatic carbocycles. The first kappa shape index (κ1) is 14.4. The van der Waals surface area contributed by atoms with Gasteiger partial charge >= 0.3 is 5.97 Å². The molecule has 2 aromatic rings. The molecule has 0 aliphatic rings. The fraction of sp³-hybridized carbons (Fsp3) is 0.286. The second-order valence-electron chi connectivity index (χ2n) is 4.38. The number of nitrogen functional groups attached to an aromatic ring is 1. The highest BCUT2D eigenvalue weighted by Crippen LogP contribution is 2.26. The highest BCUT2D eigenvalue weighted by molar-refractivity contribution is 6.30. The van der Waals surface area contributed by atoms with E-state index in [2.05, 4.69) is 4.98 Å². The zero-order chi connectivity index (χ0) is 14.9. The van der Waals surface area contributed by atoms with Gasteiger partial charge in [0.05, 0.1) is 12.3 Å². The van der Waals surface area contributed by atoms with Gasteiger partial charge in [0.1, 0.15) is 11.6 Å². The van der Waals surface area contributed by atoms with Crippen LogP contribution < -0.4 is 5.73 Å². The largest absolute Gasteiger partial charge is 0.461 e. The minimum Gasteiger partial charge on any atom is -0.461 e. The molecular weight excluding hydrogens is 278 g/mol. The van der Waals surface area contributed by atoms with E-state index in [0.717, 1.165) is 11.3 Å². The summed E-state index contributed by atoms with van der Waals surface area (Å²) in [5, 5.41) is 0.593. The quantitative estimate of drug-likeness (QED) is 0.883. The van der Waals surface area contributed by atoms with Crippen LogP contribution in [0.25, 0.3) is 5.69 Å². The first-order chi connectivity index (χ1) is 9.45. The van der Waals surface area contributed by atoms with E-state index in [4.69, 9.17) is 22.1 Å². The number of carbonyl (C=O) groups excluding carboxylic acids is 1. The normalized spacial score (nSPS) is 10.6. The summed E-state index contributed by atoms with van der Waals surface area (Å²) in [4.78, 5) is 16.0. The van der Waals surface area contributed by atoms with Gasteiger partial charge in [-0.1, -0.05) is 17.7 Å². The van der Waals surface area contributed by atoms with Gasteiger partial charge in [0, 0.05) is 5.02 Å². The predicted molar refractivity (Wildman–Crippen MR) is 78.4 cm³/mol. The molecule has 0 saturated heterocycles. The van der Waals surface area contributed by atoms with Gasteiger partial charge in [-0.15, -0.1) is 0 Å². The summed E-state index contributed by atoms with van der Waals surface area (Å²) in [7, 11) is 0. The Morgan fingerprint density at radius 3 is 2.80 bits per heavy atom. The molecule has 2 rings (SSSR count). The lowest BCUT2D eigenvalue weighted by Crippen LogP contribution is -2.10. The van der Waals surface area contributed by atoms with Gasteiger partial charge in [0.15, 0.2) is 5.69 Å². The Bertz CT molecular complexity index is 665. The SMILES string of the molecule is CCOC(=O)c1nc(C)n(-c2cc(Cl)ccc2C)c1N. The lowest BCUT2D eigenvalue weighted by atomic mass is 10.2. The maximum Gasteiger partial charge on any atom is 0.360 e. The molecule has 1 aromatic heterocycles. The number of imidazole rings is 1. The van der Waals surface area contributed by atoms with Crippen LogP contribution in [-0.2, 0) is 4.74 Å². The summed E-state index contributed by atoms with van der Waals surface area (Å²) in [6.07, 6.45) is 0. The van der Waals surface area contributed by atoms with E-state index >= 15 is 0 Å². The number of hydrogen-bond acceptors (Lipinski definition) is 4. The standard InChI is InChI=1S/C14H16ClN3O2/c1-4-20-14(19)12-13(16)18(9(3)17-12)11-7-10(15)6-5-8(11)2/h5-7H,4,16H2,1-3H3. The van der Waals surface area contributed by atoms with Crippen LogP contribution in [0.4, 0.5) is 5.82 Å². The van der Waals surface area contributed by atoms with E-state index in [0.29, 0.717) is 10.8 Å². The average molecular weight is 294 g/mol. The van der Waals surface area contributed by atoms with Crippen molar-refractivity contribution in [3.63, 3.8) is 0 Å². The highest BCUT2D eigenvalue weighted by Gasteiger charge is 2.21. The number of anilines is 1. The van der Waals surface area contributed by atoms with E-state index in [1.54, 1.807) is 30.5 Å². The monoisotopic (exact) mass is 293 g/mol. The Morgan fingerprint density at radius 2 is 2.15 bits per heavy atom. The number of hydrogen-bond donors (Lipinski definition) is 1. The van der Waals surface area contributed by atoms with Gasteiger partial charge in [-0.25, -0.2) is 9.78 Å². The molecule has 0 atom stereocenters. The summed E-state index contributed by atoms with van der Waals surface area (Å²) in [6, 6.07) is 5.48. The molecule has 20 heavy (non-hydrogen) atoms. The zero-order valence-corrected chi connectivity index (χ0v) is 12.4. The number of halogens is 1. The summed E-state index contributed by atoms with van der Waals surface area (Å²) in [6.45, 7) is 5.73. The molecule has 106 valence electrons. The second kappa shape index (κ2) is 5.54. The fourth-order valence-electron chi connectivity index (χ4n) is 2.03. The summed E-state index contributed by atoms with van der Waals surface area (Å²) in [5.41, 5.74) is 7.96. The number of carbonyl (C=O) groups is 1. The van der Waals surface area contributed by atoms with Crippen molar-refractivity contribution in [2.75, 3.05) is 12.3 Å². The Hall–Kier alpha value is -2.01. The Kier molecular flexibility index (Phi) is 3.99. The smallest absolute Gasteiger partial charge is 0.360 e. The molecule has 0 radical (unpaired) electrons. The van der Waals surface area contributed by atoms with E-state index in [9.17, 15) is 4.79 Å². The number of esters is 1. The number of rotatable bonds is 3. The highest BCUT2D eigenvalue weighted by atomic mass is 35.5. The van der Waals surface area contributed by atoms with E-state index in [1.807, 2.05) is 13.0 Å². The molecule has 0 unspecified atom stereocenters. The Balaban J connectivity index is 2.58. The molecule has 0 spiro atoms. The third-order valence-electron chi connectivity index (χ3n) is 2.96. The topological polar surface area (TPSA) is 70.1 Å². The van der Waals surface area contributed by atoms with Crippen molar-refractivity contribution in [3.05, 3.63) is 40.3 Å². The first-order valence-electron chi connectivity index (χ1n) is 6.24. The van der Waals surface area contributed by atoms with Crippen LogP contribution in [0.1, 0.15) is 28.8 Å². The van der Waals surface area contributed by atoms with Crippen molar-refractivity contribution in [2.45, 2.75) is 20.8 Å². The minimum absolute atomic E-state index is 0.128. The van der Waals surface area contributed by atoms with Gasteiger partial charge in [-0.05, 0) is 38.5 Å². The number of aromatic nitrogens is 2. The molecule has 2 N–H and O–H groups in total. The first-order valence-corrected chi connectivity index (χ1v) is 6.62. The molecule has 6 heteroatoms. The molecular formula is C14H16ClN3O2. The van der Waals surface area contributed by atoms with E-state index in [1.165, 1.54) is 0 Å². The predicted octanol–water partition coefficient (Wildman–Crippen LogP) is 2.90. The Labute approximate surface area is 122 Å². The molecule has 5 nitrogen and oxygen atoms in total. The van der Waals surface area contributed by atoms with Crippen molar-refractivity contribution in [1.29, 1.82) is 0 Å². The van der Waals surface area contributed by atoms with Gasteiger partial charge in [0.25, 0.3) is 0 Å². The second-order valence-corrected chi connectivity index (χ2v) is 4.82. The maximum atomic E-state index is 11.8. The van der Waals surface area contributed by atoms with Gasteiger partial charge in [-0.3, -0.25) is 4.57 Å². The average Bonchev–Trinajstić information content (AvgIpc) is 2.68.